The summed E-state index contributed by atoms with van der Waals surface area (Å²) in [7, 11) is 0. The van der Waals surface area contributed by atoms with Gasteiger partial charge in [0.25, 0.3) is 0 Å². The maximum atomic E-state index is 3.41. The van der Waals surface area contributed by atoms with Crippen LogP contribution in [0.25, 0.3) is 0 Å². The molecular weight excluding hydrogens is 196 g/mol. The minimum absolute atomic E-state index is 0.544. The van der Waals surface area contributed by atoms with Crippen molar-refractivity contribution in [1.82, 2.24) is 10.2 Å². The number of piperazine rings is 1. The Morgan fingerprint density at radius 1 is 1.19 bits per heavy atom. The predicted octanol–water partition coefficient (Wildman–Crippen LogP) is 2.27. The van der Waals surface area contributed by atoms with Gasteiger partial charge in [0.1, 0.15) is 0 Å². The van der Waals surface area contributed by atoms with Crippen molar-refractivity contribution in [3.8, 4) is 0 Å². The molecule has 16 heavy (non-hydrogen) atoms. The first-order valence-corrected chi connectivity index (χ1v) is 6.21. The normalized spacial score (nSPS) is 19.7. The average Bonchev–Trinajstić information content (AvgIpc) is 2.33. The molecule has 2 nitrogen and oxygen atoms in total. The molecule has 1 aliphatic heterocycles. The quantitative estimate of drug-likeness (QED) is 0.819. The first-order chi connectivity index (χ1) is 7.70. The monoisotopic (exact) mass is 218 g/mol. The van der Waals surface area contributed by atoms with Crippen LogP contribution in [0.15, 0.2) is 18.2 Å². The summed E-state index contributed by atoms with van der Waals surface area (Å²) in [6.45, 7) is 11.3. The fraction of sp³-hybridized carbons (Fsp3) is 0.571. The van der Waals surface area contributed by atoms with Gasteiger partial charge in [-0.05, 0) is 37.5 Å². The summed E-state index contributed by atoms with van der Waals surface area (Å²) in [5.41, 5.74) is 4.34. The molecule has 0 spiro atoms. The van der Waals surface area contributed by atoms with Crippen LogP contribution in [0.4, 0.5) is 0 Å². The van der Waals surface area contributed by atoms with Gasteiger partial charge in [0.05, 0.1) is 0 Å². The number of hydrogen-bond acceptors (Lipinski definition) is 2. The summed E-state index contributed by atoms with van der Waals surface area (Å²) >= 11 is 0. The highest BCUT2D eigenvalue weighted by molar-refractivity contribution is 5.35. The van der Waals surface area contributed by atoms with E-state index in [2.05, 4.69) is 49.2 Å². The van der Waals surface area contributed by atoms with Crippen molar-refractivity contribution < 1.29 is 0 Å². The first kappa shape index (κ1) is 11.6. The lowest BCUT2D eigenvalue weighted by Gasteiger charge is -2.34. The van der Waals surface area contributed by atoms with Gasteiger partial charge >= 0.3 is 0 Å². The molecule has 0 aromatic heterocycles. The number of benzene rings is 1. The second-order valence-corrected chi connectivity index (χ2v) is 4.75. The highest BCUT2D eigenvalue weighted by Gasteiger charge is 2.19. The van der Waals surface area contributed by atoms with E-state index < -0.39 is 0 Å². The minimum atomic E-state index is 0.544. The van der Waals surface area contributed by atoms with Gasteiger partial charge < -0.3 is 5.32 Å². The summed E-state index contributed by atoms with van der Waals surface area (Å²) < 4.78 is 0. The number of hydrogen-bond donors (Lipinski definition) is 1. The Hall–Kier alpha value is -0.860. The third kappa shape index (κ3) is 2.28. The van der Waals surface area contributed by atoms with E-state index in [0.717, 1.165) is 26.2 Å². The van der Waals surface area contributed by atoms with Gasteiger partial charge in [-0.1, -0.05) is 18.2 Å². The van der Waals surface area contributed by atoms with Crippen LogP contribution in [0.3, 0.4) is 0 Å². The van der Waals surface area contributed by atoms with Gasteiger partial charge in [0, 0.05) is 32.2 Å². The SMILES string of the molecule is Cc1cccc([C@@H](C)N2CCNCC2)c1C. The van der Waals surface area contributed by atoms with Crippen molar-refractivity contribution in [3.05, 3.63) is 34.9 Å². The van der Waals surface area contributed by atoms with E-state index >= 15 is 0 Å². The van der Waals surface area contributed by atoms with E-state index in [-0.39, 0.29) is 0 Å². The molecule has 1 heterocycles. The van der Waals surface area contributed by atoms with E-state index in [1.807, 2.05) is 0 Å². The molecule has 1 aromatic rings. The molecule has 1 aliphatic rings. The van der Waals surface area contributed by atoms with Crippen LogP contribution in [0.1, 0.15) is 29.7 Å². The molecule has 2 heteroatoms. The summed E-state index contributed by atoms with van der Waals surface area (Å²) in [6.07, 6.45) is 0. The predicted molar refractivity (Wildman–Crippen MR) is 68.8 cm³/mol. The first-order valence-electron chi connectivity index (χ1n) is 6.21. The molecule has 1 aromatic carbocycles. The number of aryl methyl sites for hydroxylation is 1. The molecular formula is C14H22N2. The Balaban J connectivity index is 2.19. The number of nitrogens with one attached hydrogen (secondary N) is 1. The largest absolute Gasteiger partial charge is 0.314 e. The van der Waals surface area contributed by atoms with Crippen LogP contribution in [-0.4, -0.2) is 31.1 Å². The van der Waals surface area contributed by atoms with E-state index in [9.17, 15) is 0 Å². The second kappa shape index (κ2) is 4.98. The van der Waals surface area contributed by atoms with E-state index in [4.69, 9.17) is 0 Å². The summed E-state index contributed by atoms with van der Waals surface area (Å²) in [5.74, 6) is 0. The highest BCUT2D eigenvalue weighted by atomic mass is 15.2. The van der Waals surface area contributed by atoms with Crippen LogP contribution in [0.2, 0.25) is 0 Å². The third-order valence-electron chi connectivity index (χ3n) is 3.80. The Morgan fingerprint density at radius 2 is 1.88 bits per heavy atom. The molecule has 0 saturated carbocycles. The Morgan fingerprint density at radius 3 is 2.56 bits per heavy atom. The van der Waals surface area contributed by atoms with Gasteiger partial charge in [-0.3, -0.25) is 4.90 Å². The Kier molecular flexibility index (Phi) is 3.62. The average molecular weight is 218 g/mol. The fourth-order valence-electron chi connectivity index (χ4n) is 2.49. The molecule has 0 amide bonds. The molecule has 0 radical (unpaired) electrons. The molecule has 1 atom stereocenters. The zero-order chi connectivity index (χ0) is 11.5. The van der Waals surface area contributed by atoms with Crippen LogP contribution in [0, 0.1) is 13.8 Å². The zero-order valence-corrected chi connectivity index (χ0v) is 10.6. The molecule has 0 bridgehead atoms. The van der Waals surface area contributed by atoms with Gasteiger partial charge in [0.2, 0.25) is 0 Å². The molecule has 2 rings (SSSR count). The summed E-state index contributed by atoms with van der Waals surface area (Å²) in [6, 6.07) is 7.19. The maximum Gasteiger partial charge on any atom is 0.0323 e. The lowest BCUT2D eigenvalue weighted by atomic mass is 9.97. The standard InChI is InChI=1S/C14H22N2/c1-11-5-4-6-14(12(11)2)13(3)16-9-7-15-8-10-16/h4-6,13,15H,7-10H2,1-3H3/t13-/m1/s1. The molecule has 1 fully saturated rings. The Bertz CT molecular complexity index is 354. The lowest BCUT2D eigenvalue weighted by Crippen LogP contribution is -2.44. The van der Waals surface area contributed by atoms with Gasteiger partial charge in [-0.2, -0.15) is 0 Å². The van der Waals surface area contributed by atoms with E-state index in [0.29, 0.717) is 6.04 Å². The van der Waals surface area contributed by atoms with Crippen LogP contribution >= 0.6 is 0 Å². The van der Waals surface area contributed by atoms with Crippen molar-refractivity contribution in [2.24, 2.45) is 0 Å². The van der Waals surface area contributed by atoms with Crippen molar-refractivity contribution in [2.75, 3.05) is 26.2 Å². The fourth-order valence-corrected chi connectivity index (χ4v) is 2.49. The summed E-state index contributed by atoms with van der Waals surface area (Å²) in [4.78, 5) is 2.57. The summed E-state index contributed by atoms with van der Waals surface area (Å²) in [5, 5.41) is 3.41. The smallest absolute Gasteiger partial charge is 0.0323 e. The molecule has 1 N–H and O–H groups in total. The van der Waals surface area contributed by atoms with Gasteiger partial charge in [0.15, 0.2) is 0 Å². The zero-order valence-electron chi connectivity index (χ0n) is 10.6. The van der Waals surface area contributed by atoms with E-state index in [1.165, 1.54) is 16.7 Å². The van der Waals surface area contributed by atoms with Crippen molar-refractivity contribution in [1.29, 1.82) is 0 Å². The van der Waals surface area contributed by atoms with Crippen molar-refractivity contribution in [3.63, 3.8) is 0 Å². The van der Waals surface area contributed by atoms with Crippen LogP contribution in [0.5, 0.6) is 0 Å². The van der Waals surface area contributed by atoms with E-state index in [1.54, 1.807) is 0 Å². The molecule has 88 valence electrons. The number of nitrogens with zero attached hydrogens (tertiary/aromatic N) is 1. The Labute approximate surface area is 98.7 Å². The number of rotatable bonds is 2. The second-order valence-electron chi connectivity index (χ2n) is 4.75. The third-order valence-corrected chi connectivity index (χ3v) is 3.80. The van der Waals surface area contributed by atoms with Crippen molar-refractivity contribution >= 4 is 0 Å². The highest BCUT2D eigenvalue weighted by Crippen LogP contribution is 2.25. The van der Waals surface area contributed by atoms with Gasteiger partial charge in [-0.15, -0.1) is 0 Å². The van der Waals surface area contributed by atoms with Crippen molar-refractivity contribution in [2.45, 2.75) is 26.8 Å². The topological polar surface area (TPSA) is 15.3 Å². The van der Waals surface area contributed by atoms with Crippen LogP contribution < -0.4 is 5.32 Å². The maximum absolute atomic E-state index is 3.41. The molecule has 0 unspecified atom stereocenters. The van der Waals surface area contributed by atoms with Gasteiger partial charge in [-0.25, -0.2) is 0 Å². The lowest BCUT2D eigenvalue weighted by molar-refractivity contribution is 0.185. The minimum Gasteiger partial charge on any atom is -0.314 e. The molecule has 1 saturated heterocycles. The van der Waals surface area contributed by atoms with Crippen LogP contribution in [-0.2, 0) is 0 Å². The molecule has 0 aliphatic carbocycles.